The quantitative estimate of drug-likeness (QED) is 0.461. The Morgan fingerprint density at radius 2 is 1.89 bits per heavy atom. The number of rotatable bonds is 7. The van der Waals surface area contributed by atoms with E-state index in [1.807, 2.05) is 0 Å². The smallest absolute Gasteiger partial charge is 0.185 e. The van der Waals surface area contributed by atoms with Crippen LogP contribution in [0.4, 0.5) is 13.2 Å². The van der Waals surface area contributed by atoms with Crippen LogP contribution in [0.3, 0.4) is 0 Å². The maximum Gasteiger partial charge on any atom is 0.185 e. The van der Waals surface area contributed by atoms with Crippen molar-refractivity contribution in [3.63, 3.8) is 0 Å². The molecule has 2 aromatic heterocycles. The molecule has 1 aromatic carbocycles. The highest BCUT2D eigenvalue weighted by Gasteiger charge is 2.45. The number of benzene rings is 1. The van der Waals surface area contributed by atoms with E-state index in [-0.39, 0.29) is 29.9 Å². The predicted molar refractivity (Wildman–Crippen MR) is 127 cm³/mol. The maximum atomic E-state index is 14.6. The number of nitrogens with two attached hydrogens (primary N) is 1. The summed E-state index contributed by atoms with van der Waals surface area (Å²) in [6.45, 7) is 0. The molecular weight excluding hydrogens is 487 g/mol. The van der Waals surface area contributed by atoms with E-state index in [9.17, 15) is 23.1 Å². The van der Waals surface area contributed by atoms with Crippen LogP contribution in [0, 0.1) is 23.4 Å². The van der Waals surface area contributed by atoms with Crippen molar-refractivity contribution in [3.05, 3.63) is 77.0 Å². The number of pyridine rings is 2. The lowest BCUT2D eigenvalue weighted by molar-refractivity contribution is -0.137. The summed E-state index contributed by atoms with van der Waals surface area (Å²) in [4.78, 5) is 21.3. The average Bonchev–Trinajstić information content (AvgIpc) is 3.72. The van der Waals surface area contributed by atoms with Gasteiger partial charge in [-0.05, 0) is 54.5 Å². The summed E-state index contributed by atoms with van der Waals surface area (Å²) in [6, 6.07) is 5.22. The van der Waals surface area contributed by atoms with E-state index in [1.54, 1.807) is 12.3 Å². The molecule has 37 heavy (non-hydrogen) atoms. The Balaban J connectivity index is 1.42. The molecule has 2 fully saturated rings. The van der Waals surface area contributed by atoms with E-state index in [2.05, 4.69) is 9.97 Å². The van der Waals surface area contributed by atoms with Crippen molar-refractivity contribution in [1.82, 2.24) is 9.97 Å². The normalized spacial score (nSPS) is 23.6. The number of hydrogen-bond acceptors (Lipinski definition) is 7. The minimum atomic E-state index is -1.07. The van der Waals surface area contributed by atoms with E-state index >= 15 is 0 Å². The van der Waals surface area contributed by atoms with Crippen molar-refractivity contribution < 1.29 is 32.5 Å². The largest absolute Gasteiger partial charge is 0.497 e. The Bertz CT molecular complexity index is 1310. The number of methoxy groups -OCH3 is 1. The van der Waals surface area contributed by atoms with Gasteiger partial charge in [-0.2, -0.15) is 0 Å². The molecule has 3 N–H and O–H groups in total. The van der Waals surface area contributed by atoms with Crippen molar-refractivity contribution in [3.8, 4) is 17.0 Å². The van der Waals surface area contributed by atoms with E-state index in [4.69, 9.17) is 15.2 Å². The second-order valence-electron chi connectivity index (χ2n) is 9.48. The fourth-order valence-corrected chi connectivity index (χ4v) is 4.80. The lowest BCUT2D eigenvalue weighted by Crippen LogP contribution is -2.50. The molecule has 3 aromatic rings. The van der Waals surface area contributed by atoms with Gasteiger partial charge in [-0.15, -0.1) is 0 Å². The Labute approximate surface area is 211 Å². The molecule has 2 aliphatic rings. The monoisotopic (exact) mass is 513 g/mol. The lowest BCUT2D eigenvalue weighted by atomic mass is 9.88. The van der Waals surface area contributed by atoms with Crippen molar-refractivity contribution >= 4 is 5.78 Å². The number of Topliss-reactive ketones (excluding diaryl/α,β-unsaturated/α-hetero) is 1. The van der Waals surface area contributed by atoms with Crippen LogP contribution < -0.4 is 10.5 Å². The van der Waals surface area contributed by atoms with Gasteiger partial charge < -0.3 is 20.3 Å². The molecule has 1 saturated carbocycles. The Kier molecular flexibility index (Phi) is 6.98. The zero-order valence-corrected chi connectivity index (χ0v) is 20.0. The number of carbonyl (C=O) groups is 1. The van der Waals surface area contributed by atoms with Crippen LogP contribution >= 0.6 is 0 Å². The van der Waals surface area contributed by atoms with Gasteiger partial charge in [0.05, 0.1) is 31.0 Å². The van der Waals surface area contributed by atoms with Crippen LogP contribution in [0.2, 0.25) is 0 Å². The number of aliphatic hydroxyl groups is 1. The van der Waals surface area contributed by atoms with Gasteiger partial charge in [0, 0.05) is 37.0 Å². The summed E-state index contributed by atoms with van der Waals surface area (Å²) in [7, 11) is 1.25. The molecule has 0 bridgehead atoms. The van der Waals surface area contributed by atoms with Crippen LogP contribution in [0.25, 0.3) is 11.3 Å². The van der Waals surface area contributed by atoms with Crippen LogP contribution in [0.5, 0.6) is 5.75 Å². The van der Waals surface area contributed by atoms with Gasteiger partial charge in [-0.3, -0.25) is 9.78 Å². The van der Waals surface area contributed by atoms with E-state index in [0.717, 1.165) is 31.0 Å². The fraction of sp³-hybridized carbons (Fsp3) is 0.370. The summed E-state index contributed by atoms with van der Waals surface area (Å²) in [6.07, 6.45) is 3.70. The molecule has 7 nitrogen and oxygen atoms in total. The first kappa shape index (κ1) is 25.3. The third kappa shape index (κ3) is 5.09. The highest BCUT2D eigenvalue weighted by molar-refractivity contribution is 5.96. The Hall–Kier alpha value is -3.34. The van der Waals surface area contributed by atoms with Gasteiger partial charge >= 0.3 is 0 Å². The fourth-order valence-electron chi connectivity index (χ4n) is 4.80. The summed E-state index contributed by atoms with van der Waals surface area (Å²) in [5.74, 6) is -3.42. The molecule has 1 aliphatic heterocycles. The van der Waals surface area contributed by atoms with Gasteiger partial charge in [0.15, 0.2) is 5.78 Å². The minimum absolute atomic E-state index is 0.0726. The van der Waals surface area contributed by atoms with E-state index in [0.29, 0.717) is 17.5 Å². The van der Waals surface area contributed by atoms with Crippen LogP contribution in [-0.2, 0) is 11.2 Å². The second-order valence-corrected chi connectivity index (χ2v) is 9.48. The number of carbonyl (C=O) groups excluding carboxylic acids is 1. The molecule has 4 atom stereocenters. The highest BCUT2D eigenvalue weighted by Crippen LogP contribution is 2.43. The molecule has 1 saturated heterocycles. The summed E-state index contributed by atoms with van der Waals surface area (Å²) in [5.41, 5.74) is 6.02. The first-order valence-electron chi connectivity index (χ1n) is 12.0. The van der Waals surface area contributed by atoms with Gasteiger partial charge in [0.25, 0.3) is 0 Å². The first-order valence-corrected chi connectivity index (χ1v) is 12.0. The second kappa shape index (κ2) is 10.2. The summed E-state index contributed by atoms with van der Waals surface area (Å²) >= 11 is 0. The molecule has 5 rings (SSSR count). The van der Waals surface area contributed by atoms with E-state index in [1.165, 1.54) is 19.4 Å². The highest BCUT2D eigenvalue weighted by atomic mass is 19.1. The number of hydrogen-bond donors (Lipinski definition) is 2. The van der Waals surface area contributed by atoms with Crippen molar-refractivity contribution in [2.45, 2.75) is 50.0 Å². The van der Waals surface area contributed by atoms with Crippen LogP contribution in [0.15, 0.2) is 42.7 Å². The summed E-state index contributed by atoms with van der Waals surface area (Å²) < 4.78 is 54.8. The molecule has 0 radical (unpaired) electrons. The predicted octanol–water partition coefficient (Wildman–Crippen LogP) is 3.92. The first-order chi connectivity index (χ1) is 17.8. The maximum absolute atomic E-state index is 14.6. The van der Waals surface area contributed by atoms with E-state index < -0.39 is 52.7 Å². The van der Waals surface area contributed by atoms with Crippen LogP contribution in [0.1, 0.15) is 47.0 Å². The molecule has 1 aliphatic carbocycles. The molecule has 10 heteroatoms. The molecule has 0 amide bonds. The number of halogens is 3. The van der Waals surface area contributed by atoms with Crippen LogP contribution in [-0.4, -0.2) is 46.2 Å². The minimum Gasteiger partial charge on any atom is -0.497 e. The average molecular weight is 514 g/mol. The third-order valence-corrected chi connectivity index (χ3v) is 6.93. The number of nitrogens with zero attached hydrogens (tertiary/aromatic N) is 2. The zero-order valence-electron chi connectivity index (χ0n) is 20.0. The number of aliphatic hydroxyl groups excluding tert-OH is 1. The molecule has 0 spiro atoms. The van der Waals surface area contributed by atoms with Crippen molar-refractivity contribution in [2.24, 2.45) is 11.7 Å². The molecule has 0 unspecified atom stereocenters. The Morgan fingerprint density at radius 3 is 2.57 bits per heavy atom. The standard InChI is InChI=1S/C27H26F3N3O4/c1-36-15-9-18(29)24(19(30)10-15)25-17(28)4-5-21(33-25)22(34)8-14-12-32-7-6-16(14)23-11-20(31)26(35)27(37-23)13-2-3-13/h4-7,9-10,12-13,20,23,26-27,35H,2-3,8,11,31H2,1H3/t20-,23-,26+,27-/m0/s1. The Morgan fingerprint density at radius 1 is 1.16 bits per heavy atom. The lowest BCUT2D eigenvalue weighted by Gasteiger charge is -2.39. The number of aromatic nitrogens is 2. The molecular formula is C27H26F3N3O4. The molecule has 194 valence electrons. The SMILES string of the molecule is COc1cc(F)c(-c2nc(C(=O)Cc3cnccc3[C@@H]3C[C@H](N)[C@@H](O)[C@H](C4CC4)O3)ccc2F)c(F)c1. The van der Waals surface area contributed by atoms with Gasteiger partial charge in [0.2, 0.25) is 0 Å². The topological polar surface area (TPSA) is 108 Å². The number of ether oxygens (including phenoxy) is 2. The van der Waals surface area contributed by atoms with Crippen molar-refractivity contribution in [1.29, 1.82) is 0 Å². The molecule has 3 heterocycles. The third-order valence-electron chi connectivity index (χ3n) is 6.93. The van der Waals surface area contributed by atoms with Crippen molar-refractivity contribution in [2.75, 3.05) is 7.11 Å². The zero-order chi connectivity index (χ0) is 26.3. The number of ketones is 1. The van der Waals surface area contributed by atoms with Gasteiger partial charge in [-0.1, -0.05) is 0 Å². The van der Waals surface area contributed by atoms with Gasteiger partial charge in [-0.25, -0.2) is 18.2 Å². The summed E-state index contributed by atoms with van der Waals surface area (Å²) in [5, 5.41) is 10.5. The van der Waals surface area contributed by atoms with Gasteiger partial charge in [0.1, 0.15) is 34.6 Å².